The zero-order chi connectivity index (χ0) is 21.3. The summed E-state index contributed by atoms with van der Waals surface area (Å²) in [7, 11) is 1.86. The van der Waals surface area contributed by atoms with Crippen LogP contribution in [-0.2, 0) is 18.3 Å². The third kappa shape index (κ3) is 4.11. The smallest absolute Gasteiger partial charge is 0.316 e. The van der Waals surface area contributed by atoms with Crippen LogP contribution in [0.4, 0.5) is 0 Å². The maximum absolute atomic E-state index is 12.2. The number of carbonyl (C=O) groups excluding carboxylic acids is 1. The number of benzene rings is 2. The summed E-state index contributed by atoms with van der Waals surface area (Å²) < 4.78 is 7.34. The Morgan fingerprint density at radius 2 is 1.93 bits per heavy atom. The number of aryl methyl sites for hydroxylation is 2. The second-order valence-corrected chi connectivity index (χ2v) is 8.02. The molecule has 0 aliphatic rings. The highest BCUT2D eigenvalue weighted by Crippen LogP contribution is 2.34. The molecule has 1 heterocycles. The molecule has 0 unspecified atom stereocenters. The fourth-order valence-corrected chi connectivity index (χ4v) is 2.94. The van der Waals surface area contributed by atoms with Crippen LogP contribution in [0.1, 0.15) is 44.6 Å². The van der Waals surface area contributed by atoms with Crippen LogP contribution >= 0.6 is 0 Å². The molecule has 0 fully saturated rings. The third-order valence-electron chi connectivity index (χ3n) is 4.74. The maximum atomic E-state index is 12.2. The van der Waals surface area contributed by atoms with Crippen LogP contribution in [0.5, 0.6) is 11.5 Å². The quantitative estimate of drug-likeness (QED) is 0.375. The first-order chi connectivity index (χ1) is 13.6. The molecule has 0 bridgehead atoms. The highest BCUT2D eigenvalue weighted by molar-refractivity contribution is 5.84. The third-order valence-corrected chi connectivity index (χ3v) is 4.74. The van der Waals surface area contributed by atoms with Crippen LogP contribution in [0.2, 0.25) is 0 Å². The Bertz CT molecular complexity index is 1100. The zero-order valence-corrected chi connectivity index (χ0v) is 17.4. The van der Waals surface area contributed by atoms with Gasteiger partial charge in [-0.1, -0.05) is 19.1 Å². The van der Waals surface area contributed by atoms with E-state index < -0.39 is 5.41 Å². The molecule has 2 aromatic carbocycles. The maximum Gasteiger partial charge on any atom is 0.316 e. The molecule has 1 aromatic heterocycles. The summed E-state index contributed by atoms with van der Waals surface area (Å²) in [5, 5.41) is 21.1. The number of hydrogen-bond donors (Lipinski definition) is 2. The summed E-state index contributed by atoms with van der Waals surface area (Å²) in [5.74, 6) is 0.170. The summed E-state index contributed by atoms with van der Waals surface area (Å²) in [4.78, 5) is 16.7. The van der Waals surface area contributed by atoms with Crippen molar-refractivity contribution in [2.24, 2.45) is 12.5 Å². The van der Waals surface area contributed by atoms with E-state index in [1.165, 1.54) is 12.1 Å². The minimum atomic E-state index is -0.665. The van der Waals surface area contributed by atoms with Gasteiger partial charge in [-0.2, -0.15) is 0 Å². The van der Waals surface area contributed by atoms with Crippen molar-refractivity contribution in [1.82, 2.24) is 9.55 Å². The number of phenolic OH excluding ortho intramolecular Hbond substituents is 1. The second-order valence-electron chi connectivity index (χ2n) is 8.02. The lowest BCUT2D eigenvalue weighted by Gasteiger charge is -2.18. The molecule has 3 aromatic rings. The first kappa shape index (κ1) is 20.5. The van der Waals surface area contributed by atoms with E-state index in [0.717, 1.165) is 11.0 Å². The van der Waals surface area contributed by atoms with Gasteiger partial charge in [0.2, 0.25) is 0 Å². The standard InChI is InChI=1S/C23H26N2O4/c1-6-14-11-15(18(26)12-20(14)29-22(28)23(2,3)4)19(27)13-21-24-16-9-7-8-10-17(16)25(21)5/h7-13,26-27H,6H2,1-5H3. The fourth-order valence-electron chi connectivity index (χ4n) is 2.94. The SMILES string of the molecule is CCc1cc(C(O)=Cc2nc3ccccc3n2C)c(O)cc1OC(=O)C(C)(C)C. The molecule has 0 spiro atoms. The lowest BCUT2D eigenvalue weighted by atomic mass is 9.97. The monoisotopic (exact) mass is 394 g/mol. The van der Waals surface area contributed by atoms with Crippen molar-refractivity contribution in [2.75, 3.05) is 0 Å². The van der Waals surface area contributed by atoms with E-state index in [2.05, 4.69) is 4.98 Å². The average Bonchev–Trinajstić information content (AvgIpc) is 2.97. The fraction of sp³-hybridized carbons (Fsp3) is 0.304. The van der Waals surface area contributed by atoms with Crippen molar-refractivity contribution in [3.63, 3.8) is 0 Å². The summed E-state index contributed by atoms with van der Waals surface area (Å²) in [6.45, 7) is 7.21. The number of phenols is 1. The highest BCUT2D eigenvalue weighted by Gasteiger charge is 2.25. The van der Waals surface area contributed by atoms with E-state index in [0.29, 0.717) is 23.6 Å². The van der Waals surface area contributed by atoms with Gasteiger partial charge in [-0.3, -0.25) is 4.79 Å². The molecule has 0 saturated heterocycles. The Morgan fingerprint density at radius 3 is 2.55 bits per heavy atom. The van der Waals surface area contributed by atoms with Crippen molar-refractivity contribution < 1.29 is 19.7 Å². The van der Waals surface area contributed by atoms with Gasteiger partial charge in [0.25, 0.3) is 0 Å². The van der Waals surface area contributed by atoms with E-state index in [1.807, 2.05) is 42.8 Å². The molecule has 0 aliphatic carbocycles. The van der Waals surface area contributed by atoms with Gasteiger partial charge < -0.3 is 19.5 Å². The van der Waals surface area contributed by atoms with E-state index in [9.17, 15) is 15.0 Å². The molecule has 6 nitrogen and oxygen atoms in total. The predicted molar refractivity (Wildman–Crippen MR) is 114 cm³/mol. The van der Waals surface area contributed by atoms with Crippen molar-refractivity contribution in [1.29, 1.82) is 0 Å². The summed E-state index contributed by atoms with van der Waals surface area (Å²) in [5.41, 5.74) is 2.05. The van der Waals surface area contributed by atoms with E-state index in [4.69, 9.17) is 4.74 Å². The molecule has 3 rings (SSSR count). The molecule has 29 heavy (non-hydrogen) atoms. The zero-order valence-electron chi connectivity index (χ0n) is 17.4. The van der Waals surface area contributed by atoms with E-state index >= 15 is 0 Å². The van der Waals surface area contributed by atoms with Gasteiger partial charge in [0, 0.05) is 19.2 Å². The normalized spacial score (nSPS) is 12.4. The minimum absolute atomic E-state index is 0.121. The first-order valence-electron chi connectivity index (χ1n) is 9.52. The summed E-state index contributed by atoms with van der Waals surface area (Å²) in [6, 6.07) is 10.7. The number of nitrogens with zero attached hydrogens (tertiary/aromatic N) is 2. The molecule has 0 saturated carbocycles. The summed E-state index contributed by atoms with van der Waals surface area (Å²) in [6.07, 6.45) is 2.08. The number of carbonyl (C=O) groups is 1. The molecular formula is C23H26N2O4. The lowest BCUT2D eigenvalue weighted by Crippen LogP contribution is -2.26. The molecule has 0 amide bonds. The molecule has 152 valence electrons. The van der Waals surface area contributed by atoms with Crippen LogP contribution in [0.15, 0.2) is 36.4 Å². The van der Waals surface area contributed by atoms with Crippen LogP contribution in [0, 0.1) is 5.41 Å². The number of para-hydroxylation sites is 2. The largest absolute Gasteiger partial charge is 0.507 e. The van der Waals surface area contributed by atoms with Gasteiger partial charge in [-0.25, -0.2) is 4.98 Å². The van der Waals surface area contributed by atoms with Gasteiger partial charge in [0.1, 0.15) is 23.1 Å². The number of aliphatic hydroxyl groups is 1. The van der Waals surface area contributed by atoms with Crippen LogP contribution < -0.4 is 4.74 Å². The van der Waals surface area contributed by atoms with Crippen molar-refractivity contribution in [3.05, 3.63) is 53.3 Å². The lowest BCUT2D eigenvalue weighted by molar-refractivity contribution is -0.143. The average molecular weight is 394 g/mol. The number of esters is 1. The molecule has 0 atom stereocenters. The number of aliphatic hydroxyl groups excluding tert-OH is 1. The molecule has 6 heteroatoms. The minimum Gasteiger partial charge on any atom is -0.507 e. The molecule has 2 N–H and O–H groups in total. The Labute approximate surface area is 170 Å². The van der Waals surface area contributed by atoms with Gasteiger partial charge in [-0.05, 0) is 51.0 Å². The van der Waals surface area contributed by atoms with Crippen molar-refractivity contribution >= 4 is 28.8 Å². The highest BCUT2D eigenvalue weighted by atomic mass is 16.5. The topological polar surface area (TPSA) is 84.6 Å². The number of aromatic hydroxyl groups is 1. The number of hydrogen-bond acceptors (Lipinski definition) is 5. The molecule has 0 radical (unpaired) electrons. The summed E-state index contributed by atoms with van der Waals surface area (Å²) >= 11 is 0. The number of imidazole rings is 1. The number of aromatic nitrogens is 2. The predicted octanol–water partition coefficient (Wildman–Crippen LogP) is 4.85. The Morgan fingerprint density at radius 1 is 1.24 bits per heavy atom. The number of fused-ring (bicyclic) bond motifs is 1. The molecule has 0 aliphatic heterocycles. The van der Waals surface area contributed by atoms with E-state index in [1.54, 1.807) is 26.8 Å². The van der Waals surface area contributed by atoms with Gasteiger partial charge in [0.05, 0.1) is 22.0 Å². The number of ether oxygens (including phenoxy) is 1. The van der Waals surface area contributed by atoms with Crippen molar-refractivity contribution in [2.45, 2.75) is 34.1 Å². The van der Waals surface area contributed by atoms with Crippen LogP contribution in [-0.4, -0.2) is 25.7 Å². The molecular weight excluding hydrogens is 368 g/mol. The van der Waals surface area contributed by atoms with Crippen LogP contribution in [0.25, 0.3) is 22.9 Å². The Kier molecular flexibility index (Phi) is 5.38. The first-order valence-corrected chi connectivity index (χ1v) is 9.52. The number of rotatable bonds is 4. The van der Waals surface area contributed by atoms with Crippen LogP contribution in [0.3, 0.4) is 0 Å². The van der Waals surface area contributed by atoms with E-state index in [-0.39, 0.29) is 23.0 Å². The van der Waals surface area contributed by atoms with Gasteiger partial charge in [-0.15, -0.1) is 0 Å². The Balaban J connectivity index is 2.00. The van der Waals surface area contributed by atoms with Crippen molar-refractivity contribution in [3.8, 4) is 11.5 Å². The van der Waals surface area contributed by atoms with Gasteiger partial charge >= 0.3 is 5.97 Å². The second kappa shape index (κ2) is 7.62. The van der Waals surface area contributed by atoms with Gasteiger partial charge in [0.15, 0.2) is 0 Å². The Hall–Kier alpha value is -3.28.